The number of thioether (sulfide) groups is 1. The molecule has 2 aromatic rings. The highest BCUT2D eigenvalue weighted by atomic mass is 32.2. The second-order valence-electron chi connectivity index (χ2n) is 9.56. The molecule has 1 N–H and O–H groups in total. The predicted octanol–water partition coefficient (Wildman–Crippen LogP) is 3.77. The summed E-state index contributed by atoms with van der Waals surface area (Å²) in [6.07, 6.45) is 5.12. The minimum Gasteiger partial charge on any atom is -0.376 e. The van der Waals surface area contributed by atoms with Crippen molar-refractivity contribution in [3.63, 3.8) is 0 Å². The lowest BCUT2D eigenvalue weighted by Gasteiger charge is -2.21. The first-order chi connectivity index (χ1) is 14.2. The van der Waals surface area contributed by atoms with E-state index in [1.54, 1.807) is 15.9 Å². The Morgan fingerprint density at radius 1 is 1.37 bits per heavy atom. The van der Waals surface area contributed by atoms with Crippen molar-refractivity contribution in [3.05, 3.63) is 20.8 Å². The highest BCUT2D eigenvalue weighted by molar-refractivity contribution is 7.99. The number of rotatable bonds is 5. The van der Waals surface area contributed by atoms with Gasteiger partial charge in [0.25, 0.3) is 5.56 Å². The summed E-state index contributed by atoms with van der Waals surface area (Å²) in [5.74, 6) is 0.836. The van der Waals surface area contributed by atoms with Gasteiger partial charge in [-0.3, -0.25) is 14.2 Å². The fraction of sp³-hybridized carbons (Fsp3) is 0.682. The van der Waals surface area contributed by atoms with E-state index in [-0.39, 0.29) is 28.9 Å². The Morgan fingerprint density at radius 2 is 2.17 bits per heavy atom. The number of aryl methyl sites for hydroxylation is 1. The summed E-state index contributed by atoms with van der Waals surface area (Å²) in [5, 5.41) is 4.40. The lowest BCUT2D eigenvalue weighted by atomic mass is 9.89. The quantitative estimate of drug-likeness (QED) is 0.556. The number of fused-ring (bicyclic) bond motifs is 3. The van der Waals surface area contributed by atoms with Crippen LogP contribution in [0.15, 0.2) is 9.95 Å². The van der Waals surface area contributed by atoms with Gasteiger partial charge in [0.1, 0.15) is 4.83 Å². The minimum atomic E-state index is -0.282. The zero-order valence-electron chi connectivity index (χ0n) is 18.2. The van der Waals surface area contributed by atoms with Crippen LogP contribution in [0.2, 0.25) is 0 Å². The zero-order valence-corrected chi connectivity index (χ0v) is 19.9. The van der Waals surface area contributed by atoms with Crippen LogP contribution in [0.1, 0.15) is 57.4 Å². The number of carbonyl (C=O) groups excluding carboxylic acids is 1. The van der Waals surface area contributed by atoms with Gasteiger partial charge < -0.3 is 10.1 Å². The van der Waals surface area contributed by atoms with Crippen molar-refractivity contribution in [1.29, 1.82) is 0 Å². The number of carbonyl (C=O) groups is 1. The van der Waals surface area contributed by atoms with Crippen LogP contribution in [0.5, 0.6) is 0 Å². The Morgan fingerprint density at radius 3 is 2.87 bits per heavy atom. The maximum atomic E-state index is 13.6. The van der Waals surface area contributed by atoms with Gasteiger partial charge in [-0.25, -0.2) is 4.98 Å². The number of aromatic nitrogens is 2. The molecule has 1 aliphatic carbocycles. The Bertz CT molecular complexity index is 1000. The van der Waals surface area contributed by atoms with E-state index in [1.165, 1.54) is 22.2 Å². The molecule has 1 fully saturated rings. The molecule has 0 saturated carbocycles. The van der Waals surface area contributed by atoms with Crippen molar-refractivity contribution in [2.75, 3.05) is 12.4 Å². The number of ether oxygens (including phenoxy) is 1. The van der Waals surface area contributed by atoms with E-state index in [2.05, 4.69) is 12.2 Å². The van der Waals surface area contributed by atoms with Crippen molar-refractivity contribution in [2.24, 2.45) is 5.92 Å². The van der Waals surface area contributed by atoms with Crippen LogP contribution in [-0.4, -0.2) is 39.5 Å². The monoisotopic (exact) mass is 449 g/mol. The first-order valence-corrected chi connectivity index (χ1v) is 12.6. The number of hydrogen-bond donors (Lipinski definition) is 1. The van der Waals surface area contributed by atoms with E-state index in [1.807, 2.05) is 20.8 Å². The summed E-state index contributed by atoms with van der Waals surface area (Å²) in [5.41, 5.74) is 0.950. The topological polar surface area (TPSA) is 73.2 Å². The highest BCUT2D eigenvalue weighted by Gasteiger charge is 2.27. The molecular weight excluding hydrogens is 418 g/mol. The molecule has 4 rings (SSSR count). The SMILES string of the molecule is CC1CCc2c(sc3nc(SCC(=O)NC(C)(C)C)n(CC4CCCO4)c(=O)c23)C1. The van der Waals surface area contributed by atoms with Crippen molar-refractivity contribution in [3.8, 4) is 0 Å². The molecule has 0 radical (unpaired) electrons. The van der Waals surface area contributed by atoms with Gasteiger partial charge in [-0.15, -0.1) is 11.3 Å². The summed E-state index contributed by atoms with van der Waals surface area (Å²) in [6, 6.07) is 0. The van der Waals surface area contributed by atoms with Crippen LogP contribution in [0, 0.1) is 5.92 Å². The third-order valence-corrected chi connectivity index (χ3v) is 7.76. The van der Waals surface area contributed by atoms with Crippen LogP contribution in [0.4, 0.5) is 0 Å². The van der Waals surface area contributed by atoms with Gasteiger partial charge in [-0.2, -0.15) is 0 Å². The van der Waals surface area contributed by atoms with E-state index >= 15 is 0 Å². The van der Waals surface area contributed by atoms with Gasteiger partial charge in [-0.05, 0) is 64.4 Å². The summed E-state index contributed by atoms with van der Waals surface area (Å²) < 4.78 is 7.57. The van der Waals surface area contributed by atoms with Crippen molar-refractivity contribution in [2.45, 2.75) is 83.1 Å². The molecule has 2 unspecified atom stereocenters. The van der Waals surface area contributed by atoms with Gasteiger partial charge in [0.05, 0.1) is 23.8 Å². The van der Waals surface area contributed by atoms with Crippen molar-refractivity contribution in [1.82, 2.24) is 14.9 Å². The summed E-state index contributed by atoms with van der Waals surface area (Å²) in [6.45, 7) is 9.41. The molecule has 2 atom stereocenters. The smallest absolute Gasteiger partial charge is 0.263 e. The molecule has 30 heavy (non-hydrogen) atoms. The molecule has 0 bridgehead atoms. The molecule has 0 aromatic carbocycles. The molecule has 1 saturated heterocycles. The van der Waals surface area contributed by atoms with Crippen molar-refractivity contribution < 1.29 is 9.53 Å². The third kappa shape index (κ3) is 4.75. The molecule has 2 aromatic heterocycles. The lowest BCUT2D eigenvalue weighted by Crippen LogP contribution is -2.41. The average molecular weight is 450 g/mol. The van der Waals surface area contributed by atoms with Crippen LogP contribution in [0.25, 0.3) is 10.2 Å². The van der Waals surface area contributed by atoms with Gasteiger partial charge in [0.15, 0.2) is 5.16 Å². The van der Waals surface area contributed by atoms with Crippen LogP contribution in [0.3, 0.4) is 0 Å². The maximum Gasteiger partial charge on any atom is 0.263 e. The van der Waals surface area contributed by atoms with Gasteiger partial charge in [0, 0.05) is 17.0 Å². The Balaban J connectivity index is 1.69. The zero-order chi connectivity index (χ0) is 21.5. The fourth-order valence-corrected chi connectivity index (χ4v) is 6.48. The molecule has 1 aliphatic heterocycles. The Hall–Kier alpha value is -1.38. The first kappa shape index (κ1) is 21.8. The van der Waals surface area contributed by atoms with E-state index in [4.69, 9.17) is 9.72 Å². The maximum absolute atomic E-state index is 13.6. The molecule has 2 aliphatic rings. The molecule has 1 amide bonds. The van der Waals surface area contributed by atoms with E-state index < -0.39 is 0 Å². The second kappa shape index (κ2) is 8.63. The number of amides is 1. The molecule has 164 valence electrons. The van der Waals surface area contributed by atoms with Crippen LogP contribution < -0.4 is 10.9 Å². The summed E-state index contributed by atoms with van der Waals surface area (Å²) in [4.78, 5) is 33.0. The van der Waals surface area contributed by atoms with Crippen molar-refractivity contribution >= 4 is 39.2 Å². The summed E-state index contributed by atoms with van der Waals surface area (Å²) in [7, 11) is 0. The van der Waals surface area contributed by atoms with E-state index in [0.717, 1.165) is 48.9 Å². The second-order valence-corrected chi connectivity index (χ2v) is 11.6. The molecule has 3 heterocycles. The highest BCUT2D eigenvalue weighted by Crippen LogP contribution is 2.36. The Kier molecular flexibility index (Phi) is 6.28. The standard InChI is InChI=1S/C22H31N3O3S2/c1-13-7-8-15-16(10-13)30-19-18(15)20(27)25(11-14-6-5-9-28-14)21(23-19)29-12-17(26)24-22(2,3)4/h13-14H,5-12H2,1-4H3,(H,24,26). The molecule has 0 spiro atoms. The number of thiophene rings is 1. The molecule has 8 heteroatoms. The first-order valence-electron chi connectivity index (χ1n) is 10.8. The van der Waals surface area contributed by atoms with Gasteiger partial charge >= 0.3 is 0 Å². The lowest BCUT2D eigenvalue weighted by molar-refractivity contribution is -0.119. The normalized spacial score (nSPS) is 21.7. The van der Waals surface area contributed by atoms with E-state index in [0.29, 0.717) is 17.6 Å². The average Bonchev–Trinajstić information content (AvgIpc) is 3.28. The van der Waals surface area contributed by atoms with Crippen LogP contribution >= 0.6 is 23.1 Å². The molecule has 6 nitrogen and oxygen atoms in total. The van der Waals surface area contributed by atoms with Gasteiger partial charge in [-0.1, -0.05) is 18.7 Å². The van der Waals surface area contributed by atoms with Crippen LogP contribution in [-0.2, 0) is 28.9 Å². The third-order valence-electron chi connectivity index (χ3n) is 5.64. The molecular formula is C22H31N3O3S2. The Labute approximate surface area is 185 Å². The minimum absolute atomic E-state index is 0.0290. The van der Waals surface area contributed by atoms with Gasteiger partial charge in [0.2, 0.25) is 5.91 Å². The number of nitrogens with one attached hydrogen (secondary N) is 1. The summed E-state index contributed by atoms with van der Waals surface area (Å²) >= 11 is 3.00. The number of nitrogens with zero attached hydrogens (tertiary/aromatic N) is 2. The predicted molar refractivity (Wildman–Crippen MR) is 123 cm³/mol. The number of hydrogen-bond acceptors (Lipinski definition) is 6. The fourth-order valence-electron chi connectivity index (χ4n) is 4.25. The largest absolute Gasteiger partial charge is 0.376 e. The van der Waals surface area contributed by atoms with E-state index in [9.17, 15) is 9.59 Å².